The number of esters is 1. The van der Waals surface area contributed by atoms with E-state index in [0.717, 1.165) is 19.4 Å². The van der Waals surface area contributed by atoms with Gasteiger partial charge in [0.05, 0.1) is 0 Å². The van der Waals surface area contributed by atoms with Gasteiger partial charge in [0.1, 0.15) is 6.73 Å². The van der Waals surface area contributed by atoms with Crippen molar-refractivity contribution in [3.63, 3.8) is 0 Å². The lowest BCUT2D eigenvalue weighted by atomic mass is 10.0. The standard InChI is InChI=1S/C14H27NO2/c1-6-9-14(16)17-11-15(10-7-2)13(8-3)12(4)5/h6,9,12-13H,7-8,10-11H2,1-5H3/b9-6-. The minimum atomic E-state index is -0.257. The van der Waals surface area contributed by atoms with Crippen LogP contribution in [0.1, 0.15) is 47.5 Å². The molecule has 1 unspecified atom stereocenters. The Morgan fingerprint density at radius 1 is 1.35 bits per heavy atom. The van der Waals surface area contributed by atoms with E-state index < -0.39 is 0 Å². The van der Waals surface area contributed by atoms with Gasteiger partial charge in [0.2, 0.25) is 0 Å². The van der Waals surface area contributed by atoms with Gasteiger partial charge in [-0.05, 0) is 25.7 Å². The summed E-state index contributed by atoms with van der Waals surface area (Å²) in [5.74, 6) is 0.319. The summed E-state index contributed by atoms with van der Waals surface area (Å²) >= 11 is 0. The van der Waals surface area contributed by atoms with E-state index in [1.54, 1.807) is 6.08 Å². The first-order valence-corrected chi connectivity index (χ1v) is 6.60. The fraction of sp³-hybridized carbons (Fsp3) is 0.786. The number of carbonyl (C=O) groups excluding carboxylic acids is 1. The molecule has 0 aliphatic rings. The van der Waals surface area contributed by atoms with Crippen LogP contribution in [0.4, 0.5) is 0 Å². The summed E-state index contributed by atoms with van der Waals surface area (Å²) in [6.45, 7) is 11.9. The van der Waals surface area contributed by atoms with Crippen LogP contribution in [0.3, 0.4) is 0 Å². The van der Waals surface area contributed by atoms with Crippen LogP contribution in [0, 0.1) is 5.92 Å². The van der Waals surface area contributed by atoms with Crippen LogP contribution in [0.2, 0.25) is 0 Å². The zero-order valence-electron chi connectivity index (χ0n) is 11.9. The van der Waals surface area contributed by atoms with Crippen molar-refractivity contribution in [3.05, 3.63) is 12.2 Å². The quantitative estimate of drug-likeness (QED) is 0.371. The van der Waals surface area contributed by atoms with Gasteiger partial charge in [0.15, 0.2) is 0 Å². The summed E-state index contributed by atoms with van der Waals surface area (Å²) in [7, 11) is 0. The number of hydrogen-bond donors (Lipinski definition) is 0. The van der Waals surface area contributed by atoms with E-state index >= 15 is 0 Å². The van der Waals surface area contributed by atoms with E-state index in [1.165, 1.54) is 6.08 Å². The summed E-state index contributed by atoms with van der Waals surface area (Å²) in [4.78, 5) is 13.6. The Labute approximate surface area is 106 Å². The van der Waals surface area contributed by atoms with Gasteiger partial charge in [0.25, 0.3) is 0 Å². The molecule has 0 spiro atoms. The van der Waals surface area contributed by atoms with Crippen LogP contribution in [-0.4, -0.2) is 30.2 Å². The molecule has 0 bridgehead atoms. The van der Waals surface area contributed by atoms with Crippen LogP contribution in [-0.2, 0) is 9.53 Å². The number of nitrogens with zero attached hydrogens (tertiary/aromatic N) is 1. The first-order chi connectivity index (χ1) is 8.06. The molecular weight excluding hydrogens is 214 g/mol. The third kappa shape index (κ3) is 6.47. The molecule has 0 radical (unpaired) electrons. The Kier molecular flexibility index (Phi) is 8.78. The van der Waals surface area contributed by atoms with Crippen LogP contribution in [0.15, 0.2) is 12.2 Å². The van der Waals surface area contributed by atoms with Crippen LogP contribution in [0.25, 0.3) is 0 Å². The Bertz CT molecular complexity index is 236. The first-order valence-electron chi connectivity index (χ1n) is 6.60. The highest BCUT2D eigenvalue weighted by atomic mass is 16.5. The lowest BCUT2D eigenvalue weighted by molar-refractivity contribution is -0.144. The lowest BCUT2D eigenvalue weighted by Crippen LogP contribution is -2.41. The molecule has 17 heavy (non-hydrogen) atoms. The van der Waals surface area contributed by atoms with Crippen LogP contribution < -0.4 is 0 Å². The Morgan fingerprint density at radius 2 is 2.00 bits per heavy atom. The van der Waals surface area contributed by atoms with E-state index in [4.69, 9.17) is 4.74 Å². The molecule has 0 saturated heterocycles. The summed E-state index contributed by atoms with van der Waals surface area (Å²) in [6.07, 6.45) is 5.32. The van der Waals surface area contributed by atoms with Crippen molar-refractivity contribution in [2.24, 2.45) is 5.92 Å². The fourth-order valence-corrected chi connectivity index (χ4v) is 2.10. The molecule has 0 amide bonds. The van der Waals surface area contributed by atoms with Gasteiger partial charge in [-0.3, -0.25) is 4.90 Å². The van der Waals surface area contributed by atoms with Crippen LogP contribution in [0.5, 0.6) is 0 Å². The van der Waals surface area contributed by atoms with E-state index in [0.29, 0.717) is 18.7 Å². The largest absolute Gasteiger partial charge is 0.446 e. The molecule has 0 aromatic carbocycles. The molecule has 3 heteroatoms. The highest BCUT2D eigenvalue weighted by Crippen LogP contribution is 2.14. The van der Waals surface area contributed by atoms with Gasteiger partial charge in [-0.1, -0.05) is 33.8 Å². The van der Waals surface area contributed by atoms with Crippen molar-refractivity contribution in [3.8, 4) is 0 Å². The van der Waals surface area contributed by atoms with Gasteiger partial charge < -0.3 is 4.74 Å². The van der Waals surface area contributed by atoms with E-state index in [9.17, 15) is 4.79 Å². The van der Waals surface area contributed by atoms with Crippen molar-refractivity contribution in [2.45, 2.75) is 53.5 Å². The topological polar surface area (TPSA) is 29.5 Å². The Morgan fingerprint density at radius 3 is 2.41 bits per heavy atom. The average molecular weight is 241 g/mol. The minimum absolute atomic E-state index is 0.257. The lowest BCUT2D eigenvalue weighted by Gasteiger charge is -2.32. The zero-order chi connectivity index (χ0) is 13.3. The number of ether oxygens (including phenoxy) is 1. The maximum atomic E-state index is 11.3. The first kappa shape index (κ1) is 16.2. The second-order valence-electron chi connectivity index (χ2n) is 4.62. The number of hydrogen-bond acceptors (Lipinski definition) is 3. The molecule has 0 aromatic heterocycles. The maximum absolute atomic E-state index is 11.3. The van der Waals surface area contributed by atoms with Crippen molar-refractivity contribution < 1.29 is 9.53 Å². The number of rotatable bonds is 8. The van der Waals surface area contributed by atoms with Crippen molar-refractivity contribution in [1.29, 1.82) is 0 Å². The highest BCUT2D eigenvalue weighted by molar-refractivity contribution is 5.81. The van der Waals surface area contributed by atoms with Crippen molar-refractivity contribution >= 4 is 5.97 Å². The molecule has 100 valence electrons. The monoisotopic (exact) mass is 241 g/mol. The fourth-order valence-electron chi connectivity index (χ4n) is 2.10. The highest BCUT2D eigenvalue weighted by Gasteiger charge is 2.20. The Balaban J connectivity index is 4.36. The van der Waals surface area contributed by atoms with Crippen LogP contribution >= 0.6 is 0 Å². The second-order valence-corrected chi connectivity index (χ2v) is 4.62. The molecule has 0 fully saturated rings. The van der Waals surface area contributed by atoms with Gasteiger partial charge in [-0.15, -0.1) is 0 Å². The number of carbonyl (C=O) groups is 1. The smallest absolute Gasteiger partial charge is 0.331 e. The van der Waals surface area contributed by atoms with Crippen molar-refractivity contribution in [2.75, 3.05) is 13.3 Å². The molecule has 0 saturated carbocycles. The zero-order valence-corrected chi connectivity index (χ0v) is 11.9. The maximum Gasteiger partial charge on any atom is 0.331 e. The van der Waals surface area contributed by atoms with Gasteiger partial charge in [-0.2, -0.15) is 0 Å². The molecule has 0 aliphatic carbocycles. The van der Waals surface area contributed by atoms with Gasteiger partial charge >= 0.3 is 5.97 Å². The second kappa shape index (κ2) is 9.23. The molecule has 0 rings (SSSR count). The summed E-state index contributed by atoms with van der Waals surface area (Å²) in [5, 5.41) is 0. The summed E-state index contributed by atoms with van der Waals surface area (Å²) in [5.41, 5.74) is 0. The molecule has 0 aromatic rings. The molecule has 3 nitrogen and oxygen atoms in total. The molecular formula is C14H27NO2. The Hall–Kier alpha value is -0.830. The van der Waals surface area contributed by atoms with E-state index in [1.807, 2.05) is 6.92 Å². The molecule has 0 heterocycles. The number of allylic oxidation sites excluding steroid dienone is 1. The molecule has 0 aliphatic heterocycles. The normalized spacial score (nSPS) is 13.6. The van der Waals surface area contributed by atoms with E-state index in [-0.39, 0.29) is 5.97 Å². The minimum Gasteiger partial charge on any atom is -0.446 e. The summed E-state index contributed by atoms with van der Waals surface area (Å²) in [6, 6.07) is 0.480. The average Bonchev–Trinajstić information content (AvgIpc) is 2.26. The van der Waals surface area contributed by atoms with Gasteiger partial charge in [0, 0.05) is 18.7 Å². The van der Waals surface area contributed by atoms with Gasteiger partial charge in [-0.25, -0.2) is 4.79 Å². The summed E-state index contributed by atoms with van der Waals surface area (Å²) < 4.78 is 5.23. The third-order valence-electron chi connectivity index (χ3n) is 2.84. The van der Waals surface area contributed by atoms with E-state index in [2.05, 4.69) is 32.6 Å². The predicted molar refractivity (Wildman–Crippen MR) is 71.7 cm³/mol. The third-order valence-corrected chi connectivity index (χ3v) is 2.84. The predicted octanol–water partition coefficient (Wildman–Crippen LogP) is 3.21. The van der Waals surface area contributed by atoms with Crippen molar-refractivity contribution in [1.82, 2.24) is 4.90 Å². The molecule has 1 atom stereocenters. The molecule has 0 N–H and O–H groups in total. The SMILES string of the molecule is C/C=C\C(=O)OCN(CCC)C(CC)C(C)C.